The van der Waals surface area contributed by atoms with Crippen LogP contribution in [0.4, 0.5) is 0 Å². The molecule has 2 aliphatic heterocycles. The number of piperidine rings is 1. The van der Waals surface area contributed by atoms with Crippen molar-refractivity contribution in [2.75, 3.05) is 26.3 Å². The van der Waals surface area contributed by atoms with Crippen LogP contribution >= 0.6 is 11.6 Å². The lowest BCUT2D eigenvalue weighted by Crippen LogP contribution is -2.42. The van der Waals surface area contributed by atoms with E-state index in [0.717, 1.165) is 82.7 Å². The number of rotatable bonds is 5. The summed E-state index contributed by atoms with van der Waals surface area (Å²) in [5, 5.41) is 0.784. The largest absolute Gasteiger partial charge is 0.376 e. The topological polar surface area (TPSA) is 38.8 Å². The van der Waals surface area contributed by atoms with E-state index >= 15 is 0 Å². The molecule has 1 saturated carbocycles. The van der Waals surface area contributed by atoms with Crippen LogP contribution in [0.2, 0.25) is 5.02 Å². The van der Waals surface area contributed by atoms with E-state index in [1.54, 1.807) is 0 Å². The molecule has 1 aromatic rings. The van der Waals surface area contributed by atoms with Crippen molar-refractivity contribution in [2.45, 2.75) is 69.5 Å². The van der Waals surface area contributed by atoms with Gasteiger partial charge in [-0.05, 0) is 75.0 Å². The van der Waals surface area contributed by atoms with Crippen LogP contribution in [-0.4, -0.2) is 49.3 Å². The molecule has 0 bridgehead atoms. The van der Waals surface area contributed by atoms with Crippen LogP contribution in [0.25, 0.3) is 0 Å². The van der Waals surface area contributed by atoms with Gasteiger partial charge in [0.25, 0.3) is 0 Å². The van der Waals surface area contributed by atoms with Crippen molar-refractivity contribution in [3.8, 4) is 0 Å². The summed E-state index contributed by atoms with van der Waals surface area (Å²) >= 11 is 6.00. The van der Waals surface area contributed by atoms with Crippen LogP contribution in [0, 0.1) is 5.92 Å². The molecule has 1 atom stereocenters. The number of hydrogen-bond acceptors (Lipinski definition) is 3. The molecule has 1 unspecified atom stereocenters. The molecule has 0 aromatic heterocycles. The van der Waals surface area contributed by atoms with Gasteiger partial charge in [-0.2, -0.15) is 0 Å². The maximum Gasteiger partial charge on any atom is 0.225 e. The summed E-state index contributed by atoms with van der Waals surface area (Å²) in [5.74, 6) is 1.10. The molecule has 1 aromatic carbocycles. The van der Waals surface area contributed by atoms with Crippen molar-refractivity contribution in [3.63, 3.8) is 0 Å². The van der Waals surface area contributed by atoms with Crippen LogP contribution in [0.3, 0.4) is 0 Å². The predicted octanol–water partition coefficient (Wildman–Crippen LogP) is 4.80. The molecule has 0 spiro atoms. The SMILES string of the molecule is O=C(C1CCC(OCC2CCCO2)CC1)N1CCC(c2ccc(Cl)cc2)CC1. The zero-order chi connectivity index (χ0) is 19.3. The number of hydrogen-bond donors (Lipinski definition) is 0. The Bertz CT molecular complexity index is 628. The number of likely N-dealkylation sites (tertiary alicyclic amines) is 1. The monoisotopic (exact) mass is 405 g/mol. The third-order valence-corrected chi connectivity index (χ3v) is 6.97. The molecule has 3 aliphatic rings. The molecule has 3 fully saturated rings. The van der Waals surface area contributed by atoms with E-state index in [1.807, 2.05) is 12.1 Å². The lowest BCUT2D eigenvalue weighted by Gasteiger charge is -2.36. The normalized spacial score (nSPS) is 29.2. The average Bonchev–Trinajstić information content (AvgIpc) is 3.27. The van der Waals surface area contributed by atoms with Crippen molar-refractivity contribution >= 4 is 17.5 Å². The third kappa shape index (κ3) is 5.08. The van der Waals surface area contributed by atoms with Gasteiger partial charge in [0.05, 0.1) is 18.8 Å². The highest BCUT2D eigenvalue weighted by Crippen LogP contribution is 2.32. The van der Waals surface area contributed by atoms with E-state index in [9.17, 15) is 4.79 Å². The Labute approximate surface area is 173 Å². The zero-order valence-corrected chi connectivity index (χ0v) is 17.4. The Morgan fingerprint density at radius 1 is 1.04 bits per heavy atom. The fraction of sp³-hybridized carbons (Fsp3) is 0.696. The molecule has 2 saturated heterocycles. The van der Waals surface area contributed by atoms with Gasteiger partial charge in [-0.25, -0.2) is 0 Å². The molecule has 0 radical (unpaired) electrons. The first kappa shape index (κ1) is 20.2. The predicted molar refractivity (Wildman–Crippen MR) is 111 cm³/mol. The van der Waals surface area contributed by atoms with Crippen molar-refractivity contribution in [2.24, 2.45) is 5.92 Å². The van der Waals surface area contributed by atoms with Gasteiger partial charge in [0.15, 0.2) is 0 Å². The number of halogens is 1. The van der Waals surface area contributed by atoms with Crippen molar-refractivity contribution in [1.82, 2.24) is 4.90 Å². The van der Waals surface area contributed by atoms with Crippen molar-refractivity contribution < 1.29 is 14.3 Å². The summed E-state index contributed by atoms with van der Waals surface area (Å²) in [4.78, 5) is 15.1. The molecular weight excluding hydrogens is 374 g/mol. The van der Waals surface area contributed by atoms with Gasteiger partial charge in [-0.3, -0.25) is 4.79 Å². The van der Waals surface area contributed by atoms with Crippen LogP contribution in [0.1, 0.15) is 62.8 Å². The molecular formula is C23H32ClNO3. The number of nitrogens with zero attached hydrogens (tertiary/aromatic N) is 1. The van der Waals surface area contributed by atoms with Crippen LogP contribution in [0.5, 0.6) is 0 Å². The summed E-state index contributed by atoms with van der Waals surface area (Å²) in [5.41, 5.74) is 1.35. The quantitative estimate of drug-likeness (QED) is 0.706. The van der Waals surface area contributed by atoms with E-state index in [4.69, 9.17) is 21.1 Å². The fourth-order valence-corrected chi connectivity index (χ4v) is 5.05. The van der Waals surface area contributed by atoms with Gasteiger partial charge in [0.2, 0.25) is 5.91 Å². The van der Waals surface area contributed by atoms with Gasteiger partial charge in [0.1, 0.15) is 0 Å². The second-order valence-electron chi connectivity index (χ2n) is 8.59. The van der Waals surface area contributed by atoms with Crippen LogP contribution < -0.4 is 0 Å². The Morgan fingerprint density at radius 2 is 1.75 bits per heavy atom. The van der Waals surface area contributed by atoms with E-state index in [-0.39, 0.29) is 5.92 Å². The lowest BCUT2D eigenvalue weighted by atomic mass is 9.84. The minimum absolute atomic E-state index is 0.190. The maximum absolute atomic E-state index is 13.0. The number of carbonyl (C=O) groups excluding carboxylic acids is 1. The number of ether oxygens (including phenoxy) is 2. The maximum atomic E-state index is 13.0. The molecule has 1 amide bonds. The standard InChI is InChI=1S/C23H32ClNO3/c24-20-7-3-17(4-8-20)18-11-13-25(14-12-18)23(26)19-5-9-21(10-6-19)28-16-22-2-1-15-27-22/h3-4,7-8,18-19,21-22H,1-2,5-6,9-16H2. The minimum atomic E-state index is 0.190. The van der Waals surface area contributed by atoms with Crippen molar-refractivity contribution in [1.29, 1.82) is 0 Å². The molecule has 1 aliphatic carbocycles. The number of benzene rings is 1. The van der Waals surface area contributed by atoms with E-state index in [0.29, 0.717) is 24.0 Å². The minimum Gasteiger partial charge on any atom is -0.376 e. The van der Waals surface area contributed by atoms with E-state index in [1.165, 1.54) is 5.56 Å². The van der Waals surface area contributed by atoms with Crippen LogP contribution in [0.15, 0.2) is 24.3 Å². The fourth-order valence-electron chi connectivity index (χ4n) is 4.92. The molecule has 0 N–H and O–H groups in total. The summed E-state index contributed by atoms with van der Waals surface area (Å²) in [6.45, 7) is 3.36. The Balaban J connectivity index is 1.19. The summed E-state index contributed by atoms with van der Waals surface area (Å²) in [7, 11) is 0. The smallest absolute Gasteiger partial charge is 0.225 e. The van der Waals surface area contributed by atoms with E-state index < -0.39 is 0 Å². The van der Waals surface area contributed by atoms with Crippen molar-refractivity contribution in [3.05, 3.63) is 34.9 Å². The third-order valence-electron chi connectivity index (χ3n) is 6.71. The van der Waals surface area contributed by atoms with E-state index in [2.05, 4.69) is 17.0 Å². The van der Waals surface area contributed by atoms with Gasteiger partial charge in [-0.1, -0.05) is 23.7 Å². The van der Waals surface area contributed by atoms with Crippen LogP contribution in [-0.2, 0) is 14.3 Å². The molecule has 4 nitrogen and oxygen atoms in total. The lowest BCUT2D eigenvalue weighted by molar-refractivity contribution is -0.139. The van der Waals surface area contributed by atoms with Gasteiger partial charge in [0, 0.05) is 30.6 Å². The average molecular weight is 406 g/mol. The molecule has 4 rings (SSSR count). The highest BCUT2D eigenvalue weighted by molar-refractivity contribution is 6.30. The zero-order valence-electron chi connectivity index (χ0n) is 16.7. The first-order valence-electron chi connectivity index (χ1n) is 11.0. The summed E-state index contributed by atoms with van der Waals surface area (Å²) in [6, 6.07) is 8.19. The summed E-state index contributed by atoms with van der Waals surface area (Å²) < 4.78 is 11.7. The Kier molecular flexibility index (Phi) is 6.92. The summed E-state index contributed by atoms with van der Waals surface area (Å²) in [6.07, 6.45) is 8.92. The van der Waals surface area contributed by atoms with Gasteiger partial charge in [-0.15, -0.1) is 0 Å². The second kappa shape index (κ2) is 9.60. The highest BCUT2D eigenvalue weighted by atomic mass is 35.5. The second-order valence-corrected chi connectivity index (χ2v) is 9.03. The number of carbonyl (C=O) groups is 1. The molecule has 28 heavy (non-hydrogen) atoms. The molecule has 5 heteroatoms. The number of amides is 1. The highest BCUT2D eigenvalue weighted by Gasteiger charge is 2.32. The van der Waals surface area contributed by atoms with Gasteiger partial charge < -0.3 is 14.4 Å². The van der Waals surface area contributed by atoms with Gasteiger partial charge >= 0.3 is 0 Å². The Morgan fingerprint density at radius 3 is 2.39 bits per heavy atom. The Hall–Kier alpha value is -1.10. The first-order valence-corrected chi connectivity index (χ1v) is 11.3. The molecule has 154 valence electrons. The first-order chi connectivity index (χ1) is 13.7. The molecule has 2 heterocycles.